The number of nitrogens with zero attached hydrogens (tertiary/aromatic N) is 2. The Bertz CT molecular complexity index is 769. The van der Waals surface area contributed by atoms with Gasteiger partial charge in [-0.1, -0.05) is 0 Å². The van der Waals surface area contributed by atoms with Crippen molar-refractivity contribution in [2.45, 2.75) is 37.9 Å². The molecular weight excluding hydrogens is 370 g/mol. The second-order valence-electron chi connectivity index (χ2n) is 6.60. The van der Waals surface area contributed by atoms with Crippen LogP contribution in [0.5, 0.6) is 0 Å². The summed E-state index contributed by atoms with van der Waals surface area (Å²) in [6.07, 6.45) is -0.348. The summed E-state index contributed by atoms with van der Waals surface area (Å²) in [6, 6.07) is 5.83. The van der Waals surface area contributed by atoms with Crippen LogP contribution in [0.3, 0.4) is 0 Å². The summed E-state index contributed by atoms with van der Waals surface area (Å²) in [5.74, 6) is -0.585. The summed E-state index contributed by atoms with van der Waals surface area (Å²) in [7, 11) is -2.15. The third-order valence-electron chi connectivity index (χ3n) is 4.41. The van der Waals surface area contributed by atoms with Crippen molar-refractivity contribution < 1.29 is 22.7 Å². The molecule has 0 aliphatic carbocycles. The van der Waals surface area contributed by atoms with Crippen LogP contribution >= 0.6 is 0 Å². The molecule has 1 aliphatic rings. The molecule has 0 spiro atoms. The van der Waals surface area contributed by atoms with Gasteiger partial charge in [-0.2, -0.15) is 4.31 Å². The van der Waals surface area contributed by atoms with Gasteiger partial charge in [-0.15, -0.1) is 0 Å². The zero-order valence-electron chi connectivity index (χ0n) is 16.1. The van der Waals surface area contributed by atoms with E-state index in [1.165, 1.54) is 40.5 Å². The van der Waals surface area contributed by atoms with E-state index >= 15 is 0 Å². The molecule has 1 heterocycles. The normalized spacial score (nSPS) is 20.9. The minimum absolute atomic E-state index is 0.0462. The Labute approximate surface area is 160 Å². The van der Waals surface area contributed by atoms with Gasteiger partial charge in [0.25, 0.3) is 5.91 Å². The maximum absolute atomic E-state index is 12.9. The number of hydrogen-bond acceptors (Lipinski definition) is 5. The van der Waals surface area contributed by atoms with Gasteiger partial charge in [-0.25, -0.2) is 8.42 Å². The molecule has 0 unspecified atom stereocenters. The number of carbonyl (C=O) groups is 2. The molecular formula is C18H27N3O5S. The predicted molar refractivity (Wildman–Crippen MR) is 101 cm³/mol. The highest BCUT2D eigenvalue weighted by Gasteiger charge is 2.32. The van der Waals surface area contributed by atoms with E-state index in [0.29, 0.717) is 25.2 Å². The summed E-state index contributed by atoms with van der Waals surface area (Å²) >= 11 is 0. The van der Waals surface area contributed by atoms with Crippen molar-refractivity contribution >= 4 is 21.8 Å². The van der Waals surface area contributed by atoms with Gasteiger partial charge in [0.1, 0.15) is 0 Å². The summed E-state index contributed by atoms with van der Waals surface area (Å²) < 4.78 is 32.7. The van der Waals surface area contributed by atoms with Crippen LogP contribution in [-0.2, 0) is 19.6 Å². The van der Waals surface area contributed by atoms with E-state index in [1.807, 2.05) is 13.8 Å². The number of carbonyl (C=O) groups excluding carboxylic acids is 2. The second-order valence-corrected chi connectivity index (χ2v) is 8.53. The highest BCUT2D eigenvalue weighted by atomic mass is 32.2. The predicted octanol–water partition coefficient (Wildman–Crippen LogP) is 0.693. The molecule has 2 atom stereocenters. The number of ether oxygens (including phenoxy) is 1. The highest BCUT2D eigenvalue weighted by Crippen LogP contribution is 2.21. The van der Waals surface area contributed by atoms with Crippen LogP contribution in [0, 0.1) is 0 Å². The van der Waals surface area contributed by atoms with Gasteiger partial charge in [0.2, 0.25) is 15.9 Å². The summed E-state index contributed by atoms with van der Waals surface area (Å²) in [5.41, 5.74) is 0.336. The third kappa shape index (κ3) is 5.06. The van der Waals surface area contributed by atoms with E-state index in [9.17, 15) is 18.0 Å². The van der Waals surface area contributed by atoms with Crippen molar-refractivity contribution in [1.29, 1.82) is 0 Å². The third-order valence-corrected chi connectivity index (χ3v) is 6.25. The lowest BCUT2D eigenvalue weighted by Crippen LogP contribution is -2.48. The zero-order chi connectivity index (χ0) is 20.2. The van der Waals surface area contributed by atoms with Crippen LogP contribution < -0.4 is 5.32 Å². The lowest BCUT2D eigenvalue weighted by atomic mass is 10.2. The Morgan fingerprint density at radius 2 is 1.74 bits per heavy atom. The average molecular weight is 397 g/mol. The molecule has 0 saturated carbocycles. The number of likely N-dealkylation sites (N-methyl/N-ethyl adjacent to an activating group) is 2. The Kier molecular flexibility index (Phi) is 6.96. The highest BCUT2D eigenvalue weighted by molar-refractivity contribution is 7.89. The van der Waals surface area contributed by atoms with E-state index in [-0.39, 0.29) is 35.5 Å². The van der Waals surface area contributed by atoms with Crippen LogP contribution in [0.2, 0.25) is 0 Å². The largest absolute Gasteiger partial charge is 0.373 e. The first-order valence-electron chi connectivity index (χ1n) is 8.94. The van der Waals surface area contributed by atoms with E-state index < -0.39 is 10.0 Å². The SMILES string of the molecule is CCN(CC(=O)NC)C(=O)c1ccc(S(=O)(=O)N2C[C@@H](C)O[C@@H](C)C2)cc1. The lowest BCUT2D eigenvalue weighted by Gasteiger charge is -2.34. The number of rotatable bonds is 6. The first-order chi connectivity index (χ1) is 12.7. The number of morpholine rings is 1. The van der Waals surface area contributed by atoms with E-state index in [0.717, 1.165) is 0 Å². The van der Waals surface area contributed by atoms with Crippen LogP contribution in [0.25, 0.3) is 0 Å². The number of sulfonamides is 1. The molecule has 0 radical (unpaired) electrons. The molecule has 27 heavy (non-hydrogen) atoms. The molecule has 1 fully saturated rings. The molecule has 1 aliphatic heterocycles. The smallest absolute Gasteiger partial charge is 0.254 e. The Balaban J connectivity index is 2.18. The van der Waals surface area contributed by atoms with Crippen molar-refractivity contribution in [1.82, 2.24) is 14.5 Å². The van der Waals surface area contributed by atoms with Crippen LogP contribution in [0.4, 0.5) is 0 Å². The molecule has 2 amide bonds. The van der Waals surface area contributed by atoms with Crippen LogP contribution in [-0.4, -0.2) is 74.9 Å². The van der Waals surface area contributed by atoms with Gasteiger partial charge < -0.3 is 15.0 Å². The standard InChI is InChI=1S/C18H27N3O5S/c1-5-20(12-17(22)19-4)18(23)15-6-8-16(9-7-15)27(24,25)21-10-13(2)26-14(3)11-21/h6-9,13-14H,5,10-12H2,1-4H3,(H,19,22)/t13-,14+. The van der Waals surface area contributed by atoms with Gasteiger partial charge in [-0.3, -0.25) is 9.59 Å². The molecule has 0 bridgehead atoms. The summed E-state index contributed by atoms with van der Waals surface area (Å²) in [6.45, 7) is 6.37. The van der Waals surface area contributed by atoms with Gasteiger partial charge in [-0.05, 0) is 45.0 Å². The monoisotopic (exact) mass is 397 g/mol. The fourth-order valence-electron chi connectivity index (χ4n) is 3.01. The second kappa shape index (κ2) is 8.81. The van der Waals surface area contributed by atoms with Gasteiger partial charge in [0.05, 0.1) is 23.6 Å². The molecule has 8 nitrogen and oxygen atoms in total. The van der Waals surface area contributed by atoms with Crippen molar-refractivity contribution in [3.05, 3.63) is 29.8 Å². The lowest BCUT2D eigenvalue weighted by molar-refractivity contribution is -0.121. The van der Waals surface area contributed by atoms with Crippen molar-refractivity contribution in [3.8, 4) is 0 Å². The topological polar surface area (TPSA) is 96.0 Å². The average Bonchev–Trinajstić information content (AvgIpc) is 2.64. The zero-order valence-corrected chi connectivity index (χ0v) is 17.0. The van der Waals surface area contributed by atoms with Crippen LogP contribution in [0.15, 0.2) is 29.2 Å². The van der Waals surface area contributed by atoms with Crippen molar-refractivity contribution in [3.63, 3.8) is 0 Å². The van der Waals surface area contributed by atoms with E-state index in [2.05, 4.69) is 5.32 Å². The minimum atomic E-state index is -3.65. The molecule has 2 rings (SSSR count). The van der Waals surface area contributed by atoms with E-state index in [1.54, 1.807) is 6.92 Å². The minimum Gasteiger partial charge on any atom is -0.373 e. The van der Waals surface area contributed by atoms with Crippen molar-refractivity contribution in [2.24, 2.45) is 0 Å². The maximum atomic E-state index is 12.9. The fourth-order valence-corrected chi connectivity index (χ4v) is 4.60. The Hall–Kier alpha value is -1.97. The van der Waals surface area contributed by atoms with E-state index in [4.69, 9.17) is 4.74 Å². The number of nitrogens with one attached hydrogen (secondary N) is 1. The maximum Gasteiger partial charge on any atom is 0.254 e. The van der Waals surface area contributed by atoms with Gasteiger partial charge in [0, 0.05) is 32.2 Å². The summed E-state index contributed by atoms with van der Waals surface area (Å²) in [4.78, 5) is 25.6. The number of benzene rings is 1. The molecule has 9 heteroatoms. The molecule has 1 N–H and O–H groups in total. The van der Waals surface area contributed by atoms with Gasteiger partial charge >= 0.3 is 0 Å². The molecule has 1 aromatic rings. The molecule has 1 aromatic carbocycles. The quantitative estimate of drug-likeness (QED) is 0.762. The Morgan fingerprint density at radius 3 is 2.22 bits per heavy atom. The molecule has 0 aromatic heterocycles. The first-order valence-corrected chi connectivity index (χ1v) is 10.4. The molecule has 1 saturated heterocycles. The Morgan fingerprint density at radius 1 is 1.19 bits per heavy atom. The van der Waals surface area contributed by atoms with Gasteiger partial charge in [0.15, 0.2) is 0 Å². The fraction of sp³-hybridized carbons (Fsp3) is 0.556. The summed E-state index contributed by atoms with van der Waals surface area (Å²) in [5, 5.41) is 2.48. The number of amides is 2. The molecule has 150 valence electrons. The first kappa shape index (κ1) is 21.3. The van der Waals surface area contributed by atoms with Crippen LogP contribution in [0.1, 0.15) is 31.1 Å². The van der Waals surface area contributed by atoms with Crippen molar-refractivity contribution in [2.75, 3.05) is 33.2 Å². The number of hydrogen-bond donors (Lipinski definition) is 1.